The number of methoxy groups -OCH3 is 1. The van der Waals surface area contributed by atoms with E-state index in [9.17, 15) is 4.79 Å². The molecule has 1 aromatic heterocycles. The van der Waals surface area contributed by atoms with E-state index >= 15 is 0 Å². The van der Waals surface area contributed by atoms with Crippen molar-refractivity contribution < 1.29 is 13.9 Å². The second kappa shape index (κ2) is 13.3. The molecule has 5 rings (SSSR count). The Kier molecular flexibility index (Phi) is 9.32. The zero-order valence-corrected chi connectivity index (χ0v) is 23.2. The molecule has 0 atom stereocenters. The number of benzene rings is 3. The van der Waals surface area contributed by atoms with Crippen LogP contribution in [0.1, 0.15) is 28.7 Å². The number of hydrogen-bond donors (Lipinski definition) is 0. The molecule has 4 aromatic rings. The lowest BCUT2D eigenvalue weighted by Crippen LogP contribution is -2.46. The third-order valence-electron chi connectivity index (χ3n) is 7.28. The van der Waals surface area contributed by atoms with Gasteiger partial charge in [0.15, 0.2) is 0 Å². The zero-order chi connectivity index (χ0) is 27.0. The number of halogens is 1. The van der Waals surface area contributed by atoms with E-state index in [1.165, 1.54) is 5.56 Å². The van der Waals surface area contributed by atoms with Gasteiger partial charge < -0.3 is 18.8 Å². The highest BCUT2D eigenvalue weighted by Gasteiger charge is 2.18. The summed E-state index contributed by atoms with van der Waals surface area (Å²) in [5.41, 5.74) is 4.06. The van der Waals surface area contributed by atoms with Crippen molar-refractivity contribution in [3.05, 3.63) is 110 Å². The summed E-state index contributed by atoms with van der Waals surface area (Å²) >= 11 is 6.00. The van der Waals surface area contributed by atoms with Crippen LogP contribution < -0.4 is 10.4 Å². The highest BCUT2D eigenvalue weighted by atomic mass is 35.5. The smallest absolute Gasteiger partial charge is 0.340 e. The molecule has 1 fully saturated rings. The largest absolute Gasteiger partial charge is 0.493 e. The second-order valence-electron chi connectivity index (χ2n) is 10.0. The third kappa shape index (κ3) is 7.28. The molecule has 6 nitrogen and oxygen atoms in total. The molecule has 0 aliphatic carbocycles. The molecule has 204 valence electrons. The monoisotopic (exact) mass is 546 g/mol. The van der Waals surface area contributed by atoms with E-state index in [1.807, 2.05) is 60.7 Å². The topological polar surface area (TPSA) is 55.2 Å². The number of ether oxygens (including phenoxy) is 2. The average molecular weight is 547 g/mol. The lowest BCUT2D eigenvalue weighted by molar-refractivity contribution is 0.121. The van der Waals surface area contributed by atoms with Crippen LogP contribution in [0.2, 0.25) is 5.02 Å². The van der Waals surface area contributed by atoms with Gasteiger partial charge in [-0.1, -0.05) is 54.1 Å². The molecule has 0 N–H and O–H groups in total. The van der Waals surface area contributed by atoms with Crippen molar-refractivity contribution in [1.29, 1.82) is 0 Å². The van der Waals surface area contributed by atoms with Crippen LogP contribution in [0.25, 0.3) is 11.0 Å². The molecule has 1 aliphatic rings. The van der Waals surface area contributed by atoms with Crippen molar-refractivity contribution in [2.45, 2.75) is 26.0 Å². The average Bonchev–Trinajstić information content (AvgIpc) is 2.95. The molecule has 0 radical (unpaired) electrons. The fourth-order valence-electron chi connectivity index (χ4n) is 5.16. The van der Waals surface area contributed by atoms with Crippen molar-refractivity contribution in [2.24, 2.45) is 0 Å². The van der Waals surface area contributed by atoms with Crippen LogP contribution >= 0.6 is 11.6 Å². The Balaban J connectivity index is 1.14. The zero-order valence-electron chi connectivity index (χ0n) is 22.4. The number of nitrogens with zero attached hydrogens (tertiary/aromatic N) is 2. The molecule has 1 saturated heterocycles. The summed E-state index contributed by atoms with van der Waals surface area (Å²) < 4.78 is 17.2. The summed E-state index contributed by atoms with van der Waals surface area (Å²) in [4.78, 5) is 17.9. The first-order valence-electron chi connectivity index (χ1n) is 13.5. The summed E-state index contributed by atoms with van der Waals surface area (Å²) in [6, 6.07) is 23.8. The quantitative estimate of drug-likeness (QED) is 0.176. The molecule has 0 saturated carbocycles. The summed E-state index contributed by atoms with van der Waals surface area (Å²) in [7, 11) is 1.64. The van der Waals surface area contributed by atoms with Crippen molar-refractivity contribution >= 4 is 22.6 Å². The van der Waals surface area contributed by atoms with Crippen LogP contribution in [-0.2, 0) is 24.3 Å². The lowest BCUT2D eigenvalue weighted by Gasteiger charge is -2.34. The Bertz CT molecular complexity index is 1410. The van der Waals surface area contributed by atoms with Crippen LogP contribution in [0, 0.1) is 0 Å². The molecular weight excluding hydrogens is 512 g/mol. The fourth-order valence-corrected chi connectivity index (χ4v) is 5.28. The minimum Gasteiger partial charge on any atom is -0.493 e. The Morgan fingerprint density at radius 1 is 0.872 bits per heavy atom. The van der Waals surface area contributed by atoms with Gasteiger partial charge in [0.05, 0.1) is 13.2 Å². The Morgan fingerprint density at radius 2 is 1.62 bits per heavy atom. The van der Waals surface area contributed by atoms with E-state index in [1.54, 1.807) is 7.11 Å². The maximum absolute atomic E-state index is 12.9. The van der Waals surface area contributed by atoms with Gasteiger partial charge in [0.2, 0.25) is 0 Å². The van der Waals surface area contributed by atoms with Crippen LogP contribution in [0.4, 0.5) is 0 Å². The first kappa shape index (κ1) is 27.4. The van der Waals surface area contributed by atoms with E-state index in [0.29, 0.717) is 36.5 Å². The van der Waals surface area contributed by atoms with E-state index < -0.39 is 0 Å². The van der Waals surface area contributed by atoms with Crippen LogP contribution in [0.5, 0.6) is 5.75 Å². The fraction of sp³-hybridized carbons (Fsp3) is 0.344. The first-order valence-corrected chi connectivity index (χ1v) is 13.9. The summed E-state index contributed by atoms with van der Waals surface area (Å²) in [5.74, 6) is 0.706. The first-order chi connectivity index (χ1) is 19.1. The molecule has 2 heterocycles. The molecule has 0 spiro atoms. The van der Waals surface area contributed by atoms with Gasteiger partial charge in [-0.15, -0.1) is 0 Å². The lowest BCUT2D eigenvalue weighted by atomic mass is 9.99. The van der Waals surface area contributed by atoms with Crippen molar-refractivity contribution in [3.8, 4) is 5.75 Å². The Labute approximate surface area is 234 Å². The van der Waals surface area contributed by atoms with Crippen LogP contribution in [0.15, 0.2) is 82.0 Å². The van der Waals surface area contributed by atoms with Crippen molar-refractivity contribution in [2.75, 3.05) is 46.4 Å². The third-order valence-corrected chi connectivity index (χ3v) is 7.53. The van der Waals surface area contributed by atoms with Crippen LogP contribution in [-0.4, -0.2) is 56.2 Å². The molecule has 39 heavy (non-hydrogen) atoms. The van der Waals surface area contributed by atoms with Gasteiger partial charge >= 0.3 is 5.63 Å². The Morgan fingerprint density at radius 3 is 2.36 bits per heavy atom. The van der Waals surface area contributed by atoms with Gasteiger partial charge in [-0.05, 0) is 47.4 Å². The van der Waals surface area contributed by atoms with Gasteiger partial charge in [-0.2, -0.15) is 0 Å². The molecule has 7 heteroatoms. The van der Waals surface area contributed by atoms with E-state index in [0.717, 1.165) is 67.2 Å². The summed E-state index contributed by atoms with van der Waals surface area (Å²) in [6.45, 7) is 7.15. The van der Waals surface area contributed by atoms with Gasteiger partial charge in [0, 0.05) is 74.8 Å². The molecule has 1 aliphatic heterocycles. The number of hydrogen-bond acceptors (Lipinski definition) is 6. The van der Waals surface area contributed by atoms with Crippen LogP contribution in [0.3, 0.4) is 0 Å². The highest BCUT2D eigenvalue weighted by Crippen LogP contribution is 2.26. The van der Waals surface area contributed by atoms with Gasteiger partial charge in [0.1, 0.15) is 11.3 Å². The van der Waals surface area contributed by atoms with Gasteiger partial charge in [0.25, 0.3) is 0 Å². The van der Waals surface area contributed by atoms with E-state index in [4.69, 9.17) is 25.5 Å². The molecule has 0 amide bonds. The second-order valence-corrected chi connectivity index (χ2v) is 10.5. The van der Waals surface area contributed by atoms with Crippen molar-refractivity contribution in [3.63, 3.8) is 0 Å². The maximum atomic E-state index is 12.9. The SMILES string of the molecule is COCc1c(Cc2ccccc2)c(=O)oc2cc(OCCCN3CCN(Cc4ccc(Cl)cc4)CC3)ccc12. The minimum atomic E-state index is -0.328. The number of rotatable bonds is 11. The van der Waals surface area contributed by atoms with Gasteiger partial charge in [-0.25, -0.2) is 4.79 Å². The minimum absolute atomic E-state index is 0.328. The Hall–Kier alpha value is -3.16. The van der Waals surface area contributed by atoms with E-state index in [-0.39, 0.29) is 5.63 Å². The summed E-state index contributed by atoms with van der Waals surface area (Å²) in [5, 5.41) is 1.66. The standard InChI is InChI=1S/C32H35ClN2O4/c1-37-23-30-28-13-12-27(21-31(28)39-32(36)29(30)20-24-6-3-2-4-7-24)38-19-5-14-34-15-17-35(18-16-34)22-25-8-10-26(33)11-9-25/h2-4,6-13,21H,5,14-20,22-23H2,1H3. The highest BCUT2D eigenvalue weighted by molar-refractivity contribution is 6.30. The molecule has 0 unspecified atom stereocenters. The number of piperazine rings is 1. The predicted molar refractivity (Wildman–Crippen MR) is 156 cm³/mol. The summed E-state index contributed by atoms with van der Waals surface area (Å²) in [6.07, 6.45) is 1.44. The van der Waals surface area contributed by atoms with E-state index in [2.05, 4.69) is 21.9 Å². The van der Waals surface area contributed by atoms with Crippen molar-refractivity contribution in [1.82, 2.24) is 9.80 Å². The number of fused-ring (bicyclic) bond motifs is 1. The maximum Gasteiger partial charge on any atom is 0.340 e. The van der Waals surface area contributed by atoms with Gasteiger partial charge in [-0.3, -0.25) is 4.90 Å². The predicted octanol–water partition coefficient (Wildman–Crippen LogP) is 5.77. The molecular formula is C32H35ClN2O4. The molecule has 3 aromatic carbocycles. The molecule has 0 bridgehead atoms. The normalized spacial score (nSPS) is 14.6.